The molecule has 17 heavy (non-hydrogen) atoms. The number of hydrogen-bond acceptors (Lipinski definition) is 3. The molecule has 0 aromatic carbocycles. The topological polar surface area (TPSA) is 15.3 Å². The first-order valence-corrected chi connectivity index (χ1v) is 6.96. The molecule has 1 fully saturated rings. The molecule has 0 amide bonds. The highest BCUT2D eigenvalue weighted by molar-refractivity contribution is 8.00. The Morgan fingerprint density at radius 3 is 2.59 bits per heavy atom. The van der Waals surface area contributed by atoms with Crippen LogP contribution >= 0.6 is 11.8 Å². The summed E-state index contributed by atoms with van der Waals surface area (Å²) in [6.07, 6.45) is 0. The van der Waals surface area contributed by atoms with Crippen molar-refractivity contribution in [3.05, 3.63) is 0 Å². The number of hydrogen-bond donors (Lipinski definition) is 1. The Labute approximate surface area is 105 Å². The lowest BCUT2D eigenvalue weighted by Crippen LogP contribution is -2.57. The largest absolute Gasteiger partial charge is 0.441 e. The molecule has 1 saturated heterocycles. The zero-order chi connectivity index (χ0) is 13.1. The maximum atomic E-state index is 12.0. The Bertz CT molecular complexity index is 233. The van der Waals surface area contributed by atoms with E-state index in [1.54, 1.807) is 0 Å². The third kappa shape index (κ3) is 5.48. The lowest BCUT2D eigenvalue weighted by Gasteiger charge is -2.40. The minimum Gasteiger partial charge on any atom is -0.311 e. The molecular weight excluding hydrogens is 249 g/mol. The van der Waals surface area contributed by atoms with E-state index in [0.717, 1.165) is 13.1 Å². The quantitative estimate of drug-likeness (QED) is 0.845. The van der Waals surface area contributed by atoms with Gasteiger partial charge in [0.05, 0.1) is 0 Å². The van der Waals surface area contributed by atoms with Crippen molar-refractivity contribution < 1.29 is 13.2 Å². The normalized spacial score (nSPS) is 27.7. The Hall–Kier alpha value is 0.0600. The van der Waals surface area contributed by atoms with Crippen LogP contribution in [-0.2, 0) is 0 Å². The Kier molecular flexibility index (Phi) is 5.60. The second-order valence-corrected chi connectivity index (χ2v) is 6.06. The van der Waals surface area contributed by atoms with Crippen molar-refractivity contribution in [1.29, 1.82) is 0 Å². The SMILES string of the molecule is CC(C)C1CN(CCSC(F)(F)F)C(C)CN1. The van der Waals surface area contributed by atoms with E-state index >= 15 is 0 Å². The molecule has 0 aliphatic carbocycles. The lowest BCUT2D eigenvalue weighted by molar-refractivity contribution is -0.0329. The van der Waals surface area contributed by atoms with Crippen LogP contribution in [0, 0.1) is 5.92 Å². The van der Waals surface area contributed by atoms with Gasteiger partial charge in [-0.2, -0.15) is 13.2 Å². The molecule has 102 valence electrons. The minimum atomic E-state index is -4.10. The zero-order valence-electron chi connectivity index (χ0n) is 10.5. The fourth-order valence-electron chi connectivity index (χ4n) is 1.98. The number of thioether (sulfide) groups is 1. The molecule has 0 aromatic heterocycles. The van der Waals surface area contributed by atoms with Crippen molar-refractivity contribution in [2.75, 3.05) is 25.4 Å². The van der Waals surface area contributed by atoms with Crippen LogP contribution in [0.5, 0.6) is 0 Å². The average molecular weight is 270 g/mol. The average Bonchev–Trinajstić information content (AvgIpc) is 2.18. The highest BCUT2D eigenvalue weighted by atomic mass is 32.2. The van der Waals surface area contributed by atoms with Gasteiger partial charge in [0.2, 0.25) is 0 Å². The minimum absolute atomic E-state index is 0.0768. The van der Waals surface area contributed by atoms with Gasteiger partial charge in [-0.3, -0.25) is 4.90 Å². The third-order valence-corrected chi connectivity index (χ3v) is 3.89. The molecule has 2 nitrogen and oxygen atoms in total. The summed E-state index contributed by atoms with van der Waals surface area (Å²) >= 11 is 0.0768. The molecule has 1 aliphatic heterocycles. The highest BCUT2D eigenvalue weighted by Crippen LogP contribution is 2.30. The van der Waals surface area contributed by atoms with Gasteiger partial charge in [-0.05, 0) is 24.6 Å². The van der Waals surface area contributed by atoms with E-state index < -0.39 is 5.51 Å². The molecule has 1 heterocycles. The van der Waals surface area contributed by atoms with Crippen molar-refractivity contribution in [2.45, 2.75) is 38.4 Å². The summed E-state index contributed by atoms with van der Waals surface area (Å²) in [6, 6.07) is 0.709. The molecule has 0 bridgehead atoms. The van der Waals surface area contributed by atoms with Gasteiger partial charge >= 0.3 is 5.51 Å². The highest BCUT2D eigenvalue weighted by Gasteiger charge is 2.30. The van der Waals surface area contributed by atoms with E-state index in [4.69, 9.17) is 0 Å². The van der Waals surface area contributed by atoms with Crippen LogP contribution in [0.4, 0.5) is 13.2 Å². The van der Waals surface area contributed by atoms with Gasteiger partial charge < -0.3 is 5.32 Å². The summed E-state index contributed by atoms with van der Waals surface area (Å²) < 4.78 is 36.1. The second kappa shape index (κ2) is 6.29. The van der Waals surface area contributed by atoms with Crippen LogP contribution in [0.15, 0.2) is 0 Å². The van der Waals surface area contributed by atoms with Crippen LogP contribution in [-0.4, -0.2) is 47.9 Å². The van der Waals surface area contributed by atoms with Gasteiger partial charge in [0, 0.05) is 37.5 Å². The second-order valence-electron chi connectivity index (χ2n) is 4.90. The molecule has 0 radical (unpaired) electrons. The first kappa shape index (κ1) is 15.1. The molecule has 6 heteroatoms. The molecule has 0 spiro atoms. The van der Waals surface area contributed by atoms with E-state index in [1.807, 2.05) is 0 Å². The van der Waals surface area contributed by atoms with Crippen LogP contribution < -0.4 is 5.32 Å². The van der Waals surface area contributed by atoms with E-state index in [1.165, 1.54) is 0 Å². The smallest absolute Gasteiger partial charge is 0.311 e. The monoisotopic (exact) mass is 270 g/mol. The van der Waals surface area contributed by atoms with Crippen molar-refractivity contribution in [3.63, 3.8) is 0 Å². The Morgan fingerprint density at radius 1 is 1.41 bits per heavy atom. The molecule has 2 unspecified atom stereocenters. The predicted molar refractivity (Wildman–Crippen MR) is 66.2 cm³/mol. The van der Waals surface area contributed by atoms with Crippen LogP contribution in [0.25, 0.3) is 0 Å². The van der Waals surface area contributed by atoms with Crippen LogP contribution in [0.3, 0.4) is 0 Å². The maximum Gasteiger partial charge on any atom is 0.441 e. The van der Waals surface area contributed by atoms with Gasteiger partial charge in [0.25, 0.3) is 0 Å². The first-order chi connectivity index (χ1) is 7.79. The fourth-order valence-corrected chi connectivity index (χ4v) is 2.54. The summed E-state index contributed by atoms with van der Waals surface area (Å²) in [7, 11) is 0. The summed E-state index contributed by atoms with van der Waals surface area (Å²) in [6.45, 7) is 8.54. The standard InChI is InChI=1S/C11H21F3N2S/c1-8(2)10-7-16(9(3)6-15-10)4-5-17-11(12,13)14/h8-10,15H,4-7H2,1-3H3. The number of rotatable bonds is 4. The molecular formula is C11H21F3N2S. The first-order valence-electron chi connectivity index (χ1n) is 5.97. The van der Waals surface area contributed by atoms with E-state index in [-0.39, 0.29) is 17.5 Å². The van der Waals surface area contributed by atoms with Gasteiger partial charge in [-0.25, -0.2) is 0 Å². The molecule has 0 saturated carbocycles. The zero-order valence-corrected chi connectivity index (χ0v) is 11.4. The summed E-state index contributed by atoms with van der Waals surface area (Å²) in [5.41, 5.74) is -4.10. The molecule has 1 rings (SSSR count). The number of piperazine rings is 1. The number of nitrogens with one attached hydrogen (secondary N) is 1. The van der Waals surface area contributed by atoms with Gasteiger partial charge in [-0.15, -0.1) is 0 Å². The van der Waals surface area contributed by atoms with Crippen molar-refractivity contribution >= 4 is 11.8 Å². The molecule has 0 aromatic rings. The van der Waals surface area contributed by atoms with Gasteiger partial charge in [-0.1, -0.05) is 13.8 Å². The van der Waals surface area contributed by atoms with Crippen molar-refractivity contribution in [1.82, 2.24) is 10.2 Å². The van der Waals surface area contributed by atoms with E-state index in [9.17, 15) is 13.2 Å². The lowest BCUT2D eigenvalue weighted by atomic mass is 10.00. The van der Waals surface area contributed by atoms with Crippen molar-refractivity contribution in [2.24, 2.45) is 5.92 Å². The number of nitrogens with zero attached hydrogens (tertiary/aromatic N) is 1. The van der Waals surface area contributed by atoms with Crippen LogP contribution in [0.2, 0.25) is 0 Å². The van der Waals surface area contributed by atoms with E-state index in [2.05, 4.69) is 31.0 Å². The molecule has 1 aliphatic rings. The van der Waals surface area contributed by atoms with Gasteiger partial charge in [0.1, 0.15) is 0 Å². The number of halogens is 3. The summed E-state index contributed by atoms with van der Waals surface area (Å²) in [5, 5.41) is 3.43. The summed E-state index contributed by atoms with van der Waals surface area (Å²) in [4.78, 5) is 2.15. The Balaban J connectivity index is 2.35. The predicted octanol–water partition coefficient (Wildman–Crippen LogP) is 2.56. The van der Waals surface area contributed by atoms with E-state index in [0.29, 0.717) is 24.5 Å². The number of alkyl halides is 3. The van der Waals surface area contributed by atoms with Crippen LogP contribution in [0.1, 0.15) is 20.8 Å². The fraction of sp³-hybridized carbons (Fsp3) is 1.00. The summed E-state index contributed by atoms with van der Waals surface area (Å²) in [5.74, 6) is 0.638. The van der Waals surface area contributed by atoms with Crippen molar-refractivity contribution in [3.8, 4) is 0 Å². The molecule has 1 N–H and O–H groups in total. The molecule has 2 atom stereocenters. The van der Waals surface area contributed by atoms with Gasteiger partial charge in [0.15, 0.2) is 0 Å². The maximum absolute atomic E-state index is 12.0. The third-order valence-electron chi connectivity index (χ3n) is 3.18. The Morgan fingerprint density at radius 2 is 2.06 bits per heavy atom.